The zero-order valence-electron chi connectivity index (χ0n) is 18.2. The van der Waals surface area contributed by atoms with Gasteiger partial charge in [-0.25, -0.2) is 8.70 Å². The second kappa shape index (κ2) is 10.8. The predicted octanol–water partition coefficient (Wildman–Crippen LogP) is 2.26. The van der Waals surface area contributed by atoms with Crippen LogP contribution in [0, 0.1) is 5.82 Å². The number of amides is 2. The van der Waals surface area contributed by atoms with Gasteiger partial charge in [-0.15, -0.1) is 0 Å². The molecule has 174 valence electrons. The third-order valence-electron chi connectivity index (χ3n) is 4.79. The minimum absolute atomic E-state index is 0.0350. The van der Waals surface area contributed by atoms with Crippen LogP contribution in [0.2, 0.25) is 5.02 Å². The first kappa shape index (κ1) is 25.6. The van der Waals surface area contributed by atoms with Gasteiger partial charge in [0.25, 0.3) is 0 Å². The van der Waals surface area contributed by atoms with Gasteiger partial charge in [0.05, 0.1) is 5.69 Å². The molecule has 0 bridgehead atoms. The molecule has 0 spiro atoms. The molecule has 2 amide bonds. The van der Waals surface area contributed by atoms with E-state index in [0.717, 1.165) is 20.7 Å². The number of benzene rings is 2. The van der Waals surface area contributed by atoms with Gasteiger partial charge in [-0.3, -0.25) is 9.59 Å². The van der Waals surface area contributed by atoms with Crippen LogP contribution in [0.4, 0.5) is 10.1 Å². The van der Waals surface area contributed by atoms with Gasteiger partial charge < -0.3 is 10.2 Å². The van der Waals surface area contributed by atoms with Crippen molar-refractivity contribution in [3.05, 3.63) is 64.9 Å². The number of nitrogens with one attached hydrogen (secondary N) is 1. The van der Waals surface area contributed by atoms with Crippen LogP contribution in [-0.2, 0) is 26.3 Å². The number of likely N-dealkylation sites (N-methyl/N-ethyl adjacent to an activating group) is 1. The highest BCUT2D eigenvalue weighted by Crippen LogP contribution is 2.21. The van der Waals surface area contributed by atoms with E-state index in [2.05, 4.69) is 5.32 Å². The lowest BCUT2D eigenvalue weighted by atomic mass is 10.1. The zero-order chi connectivity index (χ0) is 24.1. The normalized spacial score (nSPS) is 12.3. The first-order chi connectivity index (χ1) is 15.0. The van der Waals surface area contributed by atoms with Gasteiger partial charge in [-0.1, -0.05) is 23.7 Å². The number of carbonyl (C=O) groups excluding carboxylic acids is 2. The summed E-state index contributed by atoms with van der Waals surface area (Å²) < 4.78 is 41.1. The maximum Gasteiger partial charge on any atom is 0.304 e. The van der Waals surface area contributed by atoms with Crippen LogP contribution in [0.15, 0.2) is 48.5 Å². The second-order valence-corrected chi connectivity index (χ2v) is 9.72. The molecule has 0 heterocycles. The molecule has 0 radical (unpaired) electrons. The van der Waals surface area contributed by atoms with Crippen molar-refractivity contribution in [1.82, 2.24) is 14.5 Å². The van der Waals surface area contributed by atoms with Crippen molar-refractivity contribution in [1.29, 1.82) is 0 Å². The van der Waals surface area contributed by atoms with E-state index in [1.54, 1.807) is 31.2 Å². The number of rotatable bonds is 9. The summed E-state index contributed by atoms with van der Waals surface area (Å²) >= 11 is 6.04. The zero-order valence-corrected chi connectivity index (χ0v) is 19.8. The molecule has 32 heavy (non-hydrogen) atoms. The standard InChI is InChI=1S/C21H26ClFN4O4S/c1-15(21(29)24-2)26(13-16-6-5-7-17(22)12-16)20(28)14-27(32(30,31)25(3)4)19-10-8-18(23)9-11-19/h5-12,15H,13-14H2,1-4H3,(H,24,29). The van der Waals surface area contributed by atoms with E-state index >= 15 is 0 Å². The molecule has 0 saturated heterocycles. The number of hydrogen-bond acceptors (Lipinski definition) is 4. The van der Waals surface area contributed by atoms with Crippen LogP contribution in [0.1, 0.15) is 12.5 Å². The Morgan fingerprint density at radius 2 is 1.75 bits per heavy atom. The number of halogens is 2. The Hall–Kier alpha value is -2.69. The molecule has 0 aliphatic carbocycles. The Kier molecular flexibility index (Phi) is 8.59. The summed E-state index contributed by atoms with van der Waals surface area (Å²) in [5.74, 6) is -1.57. The van der Waals surface area contributed by atoms with Crippen LogP contribution in [0.5, 0.6) is 0 Å². The molecule has 8 nitrogen and oxygen atoms in total. The Labute approximate surface area is 192 Å². The van der Waals surface area contributed by atoms with Crippen molar-refractivity contribution in [3.63, 3.8) is 0 Å². The van der Waals surface area contributed by atoms with Crippen LogP contribution >= 0.6 is 11.6 Å². The van der Waals surface area contributed by atoms with Crippen LogP contribution in [-0.4, -0.2) is 63.2 Å². The molecule has 0 aliphatic rings. The summed E-state index contributed by atoms with van der Waals surface area (Å²) in [7, 11) is 0.0103. The summed E-state index contributed by atoms with van der Waals surface area (Å²) in [4.78, 5) is 26.9. The Morgan fingerprint density at radius 3 is 2.28 bits per heavy atom. The van der Waals surface area contributed by atoms with E-state index in [4.69, 9.17) is 11.6 Å². The lowest BCUT2D eigenvalue weighted by Crippen LogP contribution is -2.52. The van der Waals surface area contributed by atoms with Gasteiger partial charge in [0.2, 0.25) is 11.8 Å². The average Bonchev–Trinajstić information content (AvgIpc) is 2.75. The maximum atomic E-state index is 13.4. The molecule has 2 aromatic rings. The van der Waals surface area contributed by atoms with E-state index in [1.807, 2.05) is 0 Å². The van der Waals surface area contributed by atoms with Crippen molar-refractivity contribution in [3.8, 4) is 0 Å². The summed E-state index contributed by atoms with van der Waals surface area (Å²) in [6.45, 7) is 0.991. The minimum atomic E-state index is -4.09. The molecule has 11 heteroatoms. The van der Waals surface area contributed by atoms with Crippen molar-refractivity contribution < 1.29 is 22.4 Å². The molecule has 1 N–H and O–H groups in total. The Balaban J connectivity index is 2.44. The Morgan fingerprint density at radius 1 is 1.12 bits per heavy atom. The molecule has 0 aliphatic heterocycles. The number of carbonyl (C=O) groups is 2. The summed E-state index contributed by atoms with van der Waals surface area (Å²) in [5, 5.41) is 2.96. The van der Waals surface area contributed by atoms with Crippen LogP contribution in [0.3, 0.4) is 0 Å². The molecular weight excluding hydrogens is 459 g/mol. The third-order valence-corrected chi connectivity index (χ3v) is 6.84. The monoisotopic (exact) mass is 484 g/mol. The average molecular weight is 485 g/mol. The minimum Gasteiger partial charge on any atom is -0.357 e. The van der Waals surface area contributed by atoms with E-state index in [1.165, 1.54) is 38.2 Å². The lowest BCUT2D eigenvalue weighted by Gasteiger charge is -2.32. The van der Waals surface area contributed by atoms with Crippen molar-refractivity contribution in [2.24, 2.45) is 0 Å². The van der Waals surface area contributed by atoms with E-state index in [0.29, 0.717) is 10.6 Å². The third kappa shape index (κ3) is 6.18. The SMILES string of the molecule is CNC(=O)C(C)N(Cc1cccc(Cl)c1)C(=O)CN(c1ccc(F)cc1)S(=O)(=O)N(C)C. The van der Waals surface area contributed by atoms with Gasteiger partial charge in [-0.2, -0.15) is 12.7 Å². The maximum absolute atomic E-state index is 13.4. The fourth-order valence-electron chi connectivity index (χ4n) is 2.95. The molecule has 2 aromatic carbocycles. The molecule has 2 rings (SSSR count). The van der Waals surface area contributed by atoms with Gasteiger partial charge in [0.1, 0.15) is 18.4 Å². The highest BCUT2D eigenvalue weighted by Gasteiger charge is 2.32. The number of anilines is 1. The fraction of sp³-hybridized carbons (Fsp3) is 0.333. The summed E-state index contributed by atoms with van der Waals surface area (Å²) in [6, 6.07) is 10.7. The topological polar surface area (TPSA) is 90.0 Å². The largest absolute Gasteiger partial charge is 0.357 e. The Bertz CT molecular complexity index is 1060. The van der Waals surface area contributed by atoms with Crippen LogP contribution < -0.4 is 9.62 Å². The fourth-order valence-corrected chi connectivity index (χ4v) is 4.22. The van der Waals surface area contributed by atoms with Gasteiger partial charge in [0.15, 0.2) is 0 Å². The molecule has 0 saturated carbocycles. The summed E-state index contributed by atoms with van der Waals surface area (Å²) in [5.41, 5.74) is 0.786. The van der Waals surface area contributed by atoms with Gasteiger partial charge >= 0.3 is 10.2 Å². The highest BCUT2D eigenvalue weighted by atomic mass is 35.5. The molecule has 1 unspecified atom stereocenters. The van der Waals surface area contributed by atoms with Crippen molar-refractivity contribution in [2.45, 2.75) is 19.5 Å². The van der Waals surface area contributed by atoms with Crippen molar-refractivity contribution >= 4 is 39.3 Å². The number of nitrogens with zero attached hydrogens (tertiary/aromatic N) is 3. The lowest BCUT2D eigenvalue weighted by molar-refractivity contribution is -0.139. The first-order valence-electron chi connectivity index (χ1n) is 9.68. The van der Waals surface area contributed by atoms with Crippen LogP contribution in [0.25, 0.3) is 0 Å². The van der Waals surface area contributed by atoms with E-state index in [-0.39, 0.29) is 12.2 Å². The smallest absolute Gasteiger partial charge is 0.304 e. The quantitative estimate of drug-likeness (QED) is 0.591. The molecule has 1 atom stereocenters. The van der Waals surface area contributed by atoms with Crippen molar-refractivity contribution in [2.75, 3.05) is 32.0 Å². The van der Waals surface area contributed by atoms with E-state index < -0.39 is 40.4 Å². The highest BCUT2D eigenvalue weighted by molar-refractivity contribution is 7.90. The molecule has 0 aromatic heterocycles. The molecule has 0 fully saturated rings. The number of hydrogen-bond donors (Lipinski definition) is 1. The van der Waals surface area contributed by atoms with Gasteiger partial charge in [-0.05, 0) is 48.9 Å². The predicted molar refractivity (Wildman–Crippen MR) is 122 cm³/mol. The summed E-state index contributed by atoms with van der Waals surface area (Å²) in [6.07, 6.45) is 0. The first-order valence-corrected chi connectivity index (χ1v) is 11.5. The molecular formula is C21H26ClFN4O4S. The second-order valence-electron chi connectivity index (χ2n) is 7.22. The van der Waals surface area contributed by atoms with E-state index in [9.17, 15) is 22.4 Å². The van der Waals surface area contributed by atoms with Gasteiger partial charge in [0, 0.05) is 32.7 Å².